The van der Waals surface area contributed by atoms with E-state index in [0.717, 1.165) is 6.42 Å². The first-order valence-corrected chi connectivity index (χ1v) is 6.99. The molecule has 0 saturated carbocycles. The van der Waals surface area contributed by atoms with Gasteiger partial charge in [-0.1, -0.05) is 6.92 Å². The van der Waals surface area contributed by atoms with E-state index in [1.54, 1.807) is 9.47 Å². The average molecular weight is 296 g/mol. The van der Waals surface area contributed by atoms with E-state index in [9.17, 15) is 9.59 Å². The number of carboxylic acid groups (broad SMARTS) is 1. The second kappa shape index (κ2) is 7.07. The molecule has 1 saturated heterocycles. The fraction of sp³-hybridized carbons (Fsp3) is 0.615. The third-order valence-electron chi connectivity index (χ3n) is 3.38. The summed E-state index contributed by atoms with van der Waals surface area (Å²) < 4.78 is 7.15. The van der Waals surface area contributed by atoms with Crippen LogP contribution in [0.1, 0.15) is 23.8 Å². The smallest absolute Gasteiger partial charge is 0.356 e. The molecule has 0 radical (unpaired) electrons. The second-order valence-corrected chi connectivity index (χ2v) is 4.88. The Morgan fingerprint density at radius 1 is 1.57 bits per heavy atom. The molecule has 21 heavy (non-hydrogen) atoms. The summed E-state index contributed by atoms with van der Waals surface area (Å²) >= 11 is 0. The molecule has 0 aromatic carbocycles. The monoisotopic (exact) mass is 296 g/mol. The maximum atomic E-state index is 12.0. The minimum Gasteiger partial charge on any atom is -0.476 e. The van der Waals surface area contributed by atoms with E-state index < -0.39 is 5.97 Å². The standard InChI is InChI=1S/C13H20N4O4/c1-2-10-7-17(5-6-21-10)13(20)14-3-4-16-8-11(12(18)19)15-9-16/h8-10H,2-7H2,1H3,(H,14,20)(H,18,19). The van der Waals surface area contributed by atoms with Crippen LogP contribution in [0.25, 0.3) is 0 Å². The molecule has 1 aliphatic rings. The van der Waals surface area contributed by atoms with Gasteiger partial charge in [-0.3, -0.25) is 0 Å². The first-order valence-electron chi connectivity index (χ1n) is 6.99. The van der Waals surface area contributed by atoms with Crippen molar-refractivity contribution in [3.05, 3.63) is 18.2 Å². The number of aromatic carboxylic acids is 1. The largest absolute Gasteiger partial charge is 0.476 e. The van der Waals surface area contributed by atoms with Crippen molar-refractivity contribution in [3.63, 3.8) is 0 Å². The van der Waals surface area contributed by atoms with Gasteiger partial charge in [-0.2, -0.15) is 0 Å². The van der Waals surface area contributed by atoms with E-state index in [1.807, 2.05) is 6.92 Å². The number of morpholine rings is 1. The highest BCUT2D eigenvalue weighted by Gasteiger charge is 2.22. The SMILES string of the molecule is CCC1CN(C(=O)NCCn2cnc(C(=O)O)c2)CCO1. The van der Waals surface area contributed by atoms with Crippen LogP contribution in [0.4, 0.5) is 4.79 Å². The molecular formula is C13H20N4O4. The lowest BCUT2D eigenvalue weighted by atomic mass is 10.2. The normalized spacial score (nSPS) is 18.5. The molecule has 0 bridgehead atoms. The number of urea groups is 1. The maximum absolute atomic E-state index is 12.0. The number of hydrogen-bond donors (Lipinski definition) is 2. The molecule has 0 spiro atoms. The van der Waals surface area contributed by atoms with Crippen molar-refractivity contribution >= 4 is 12.0 Å². The minimum atomic E-state index is -1.06. The van der Waals surface area contributed by atoms with Crippen molar-refractivity contribution in [2.24, 2.45) is 0 Å². The molecule has 0 aliphatic carbocycles. The number of carbonyl (C=O) groups is 2. The minimum absolute atomic E-state index is 0.000272. The van der Waals surface area contributed by atoms with Crippen LogP contribution in [0.3, 0.4) is 0 Å². The number of aromatic nitrogens is 2. The van der Waals surface area contributed by atoms with E-state index in [4.69, 9.17) is 9.84 Å². The molecule has 2 heterocycles. The number of ether oxygens (including phenoxy) is 1. The van der Waals surface area contributed by atoms with Crippen LogP contribution >= 0.6 is 0 Å². The van der Waals surface area contributed by atoms with E-state index in [-0.39, 0.29) is 17.8 Å². The maximum Gasteiger partial charge on any atom is 0.356 e. The zero-order chi connectivity index (χ0) is 15.2. The molecule has 8 heteroatoms. The van der Waals surface area contributed by atoms with Gasteiger partial charge in [0.05, 0.1) is 19.0 Å². The third-order valence-corrected chi connectivity index (χ3v) is 3.38. The average Bonchev–Trinajstić information content (AvgIpc) is 2.96. The third kappa shape index (κ3) is 4.19. The Labute approximate surface area is 122 Å². The number of carboxylic acids is 1. The molecule has 2 amide bonds. The molecule has 116 valence electrons. The number of nitrogens with one attached hydrogen (secondary N) is 1. The van der Waals surface area contributed by atoms with Gasteiger partial charge in [-0.15, -0.1) is 0 Å². The fourth-order valence-corrected chi connectivity index (χ4v) is 2.15. The Bertz CT molecular complexity index is 502. The highest BCUT2D eigenvalue weighted by atomic mass is 16.5. The van der Waals surface area contributed by atoms with E-state index >= 15 is 0 Å². The molecule has 1 aromatic rings. The van der Waals surface area contributed by atoms with Crippen molar-refractivity contribution < 1.29 is 19.4 Å². The zero-order valence-corrected chi connectivity index (χ0v) is 12.0. The predicted molar refractivity (Wildman–Crippen MR) is 74.2 cm³/mol. The van der Waals surface area contributed by atoms with E-state index in [1.165, 1.54) is 12.5 Å². The van der Waals surface area contributed by atoms with Crippen LogP contribution in [0.15, 0.2) is 12.5 Å². The van der Waals surface area contributed by atoms with Crippen molar-refractivity contribution in [1.29, 1.82) is 0 Å². The van der Waals surface area contributed by atoms with Gasteiger partial charge < -0.3 is 24.6 Å². The fourth-order valence-electron chi connectivity index (χ4n) is 2.15. The molecular weight excluding hydrogens is 276 g/mol. The molecule has 1 aromatic heterocycles. The quantitative estimate of drug-likeness (QED) is 0.820. The highest BCUT2D eigenvalue weighted by Crippen LogP contribution is 2.08. The number of nitrogens with zero attached hydrogens (tertiary/aromatic N) is 3. The number of rotatable bonds is 5. The van der Waals surface area contributed by atoms with Gasteiger partial charge in [0.1, 0.15) is 0 Å². The first-order chi connectivity index (χ1) is 10.1. The van der Waals surface area contributed by atoms with Crippen molar-refractivity contribution in [2.45, 2.75) is 26.0 Å². The summed E-state index contributed by atoms with van der Waals surface area (Å²) in [5, 5.41) is 11.6. The summed E-state index contributed by atoms with van der Waals surface area (Å²) in [6, 6.07) is -0.115. The van der Waals surface area contributed by atoms with Crippen LogP contribution in [0.5, 0.6) is 0 Å². The van der Waals surface area contributed by atoms with E-state index in [0.29, 0.717) is 32.8 Å². The highest BCUT2D eigenvalue weighted by molar-refractivity contribution is 5.84. The van der Waals surface area contributed by atoms with Crippen LogP contribution in [0, 0.1) is 0 Å². The van der Waals surface area contributed by atoms with Crippen LogP contribution in [-0.4, -0.2) is 63.9 Å². The van der Waals surface area contributed by atoms with Gasteiger partial charge in [0, 0.05) is 32.4 Å². The lowest BCUT2D eigenvalue weighted by molar-refractivity contribution is -0.0153. The Kier molecular flexibility index (Phi) is 5.15. The van der Waals surface area contributed by atoms with Crippen molar-refractivity contribution in [2.75, 3.05) is 26.2 Å². The Balaban J connectivity index is 1.74. The van der Waals surface area contributed by atoms with Gasteiger partial charge >= 0.3 is 12.0 Å². The summed E-state index contributed by atoms with van der Waals surface area (Å²) in [5.74, 6) is -1.06. The van der Waals surface area contributed by atoms with E-state index in [2.05, 4.69) is 10.3 Å². The summed E-state index contributed by atoms with van der Waals surface area (Å²) in [7, 11) is 0. The molecule has 1 unspecified atom stereocenters. The predicted octanol–water partition coefficient (Wildman–Crippen LogP) is 0.402. The zero-order valence-electron chi connectivity index (χ0n) is 12.0. The number of amides is 2. The Morgan fingerprint density at radius 2 is 2.38 bits per heavy atom. The molecule has 8 nitrogen and oxygen atoms in total. The number of imidazole rings is 1. The van der Waals surface area contributed by atoms with Crippen LogP contribution in [0.2, 0.25) is 0 Å². The lowest BCUT2D eigenvalue weighted by Gasteiger charge is -2.32. The van der Waals surface area contributed by atoms with Gasteiger partial charge in [0.15, 0.2) is 5.69 Å². The van der Waals surface area contributed by atoms with Gasteiger partial charge in [0.25, 0.3) is 0 Å². The molecule has 1 atom stereocenters. The summed E-state index contributed by atoms with van der Waals surface area (Å²) in [5.41, 5.74) is 0.000272. The van der Waals surface area contributed by atoms with Gasteiger partial charge in [-0.25, -0.2) is 14.6 Å². The molecule has 1 fully saturated rings. The topological polar surface area (TPSA) is 96.7 Å². The Hall–Kier alpha value is -2.09. The summed E-state index contributed by atoms with van der Waals surface area (Å²) in [6.45, 7) is 4.70. The van der Waals surface area contributed by atoms with Crippen LogP contribution < -0.4 is 5.32 Å². The number of hydrogen-bond acceptors (Lipinski definition) is 4. The summed E-state index contributed by atoms with van der Waals surface area (Å²) in [6.07, 6.45) is 3.88. The Morgan fingerprint density at radius 3 is 3.05 bits per heavy atom. The molecule has 2 rings (SSSR count). The van der Waals surface area contributed by atoms with Crippen molar-refractivity contribution in [3.8, 4) is 0 Å². The molecule has 1 aliphatic heterocycles. The van der Waals surface area contributed by atoms with Crippen LogP contribution in [-0.2, 0) is 11.3 Å². The lowest BCUT2D eigenvalue weighted by Crippen LogP contribution is -2.49. The van der Waals surface area contributed by atoms with Crippen molar-refractivity contribution in [1.82, 2.24) is 19.8 Å². The molecule has 2 N–H and O–H groups in total. The van der Waals surface area contributed by atoms with Gasteiger partial charge in [0.2, 0.25) is 0 Å². The van der Waals surface area contributed by atoms with Gasteiger partial charge in [-0.05, 0) is 6.42 Å². The summed E-state index contributed by atoms with van der Waals surface area (Å²) in [4.78, 5) is 28.2. The first kappa shape index (κ1) is 15.3. The number of carbonyl (C=O) groups excluding carboxylic acids is 1. The second-order valence-electron chi connectivity index (χ2n) is 4.88.